The number of hydrogen-bond donors (Lipinski definition) is 1. The van der Waals surface area contributed by atoms with Crippen LogP contribution in [0.25, 0.3) is 0 Å². The summed E-state index contributed by atoms with van der Waals surface area (Å²) in [5, 5.41) is 2.07. The van der Waals surface area contributed by atoms with E-state index in [1.807, 2.05) is 6.07 Å². The lowest BCUT2D eigenvalue weighted by molar-refractivity contribution is 0.164. The zero-order valence-electron chi connectivity index (χ0n) is 10.0. The topological polar surface area (TPSA) is 35.2 Å². The molecule has 2 atom stereocenters. The van der Waals surface area contributed by atoms with Gasteiger partial charge in [-0.05, 0) is 40.4 Å². The lowest BCUT2D eigenvalue weighted by Crippen LogP contribution is -2.23. The third-order valence-corrected chi connectivity index (χ3v) is 5.20. The lowest BCUT2D eigenvalue weighted by Gasteiger charge is -2.30. The van der Waals surface area contributed by atoms with Gasteiger partial charge in [-0.1, -0.05) is 17.7 Å². The SMILES string of the molecule is Cc1ccc2c(c1)[C@@H](N)CC(c1sccc1Br)O2. The summed E-state index contributed by atoms with van der Waals surface area (Å²) in [6, 6.07) is 8.32. The van der Waals surface area contributed by atoms with Crippen LogP contribution >= 0.6 is 27.3 Å². The van der Waals surface area contributed by atoms with E-state index < -0.39 is 0 Å². The Morgan fingerprint density at radius 3 is 2.94 bits per heavy atom. The average molecular weight is 324 g/mol. The molecule has 1 aromatic heterocycles. The first-order valence-corrected chi connectivity index (χ1v) is 7.58. The molecule has 0 bridgehead atoms. The van der Waals surface area contributed by atoms with Crippen molar-refractivity contribution < 1.29 is 4.74 Å². The van der Waals surface area contributed by atoms with Crippen LogP contribution in [0, 0.1) is 6.92 Å². The normalized spacial score (nSPS) is 22.4. The molecule has 0 spiro atoms. The number of benzene rings is 1. The third-order valence-electron chi connectivity index (χ3n) is 3.24. The molecule has 0 radical (unpaired) electrons. The molecule has 2 aromatic rings. The third kappa shape index (κ3) is 2.09. The van der Waals surface area contributed by atoms with Gasteiger partial charge in [-0.25, -0.2) is 0 Å². The predicted octanol–water partition coefficient (Wildman–Crippen LogP) is 4.34. The van der Waals surface area contributed by atoms with Crippen LogP contribution in [-0.4, -0.2) is 0 Å². The number of thiophene rings is 1. The highest BCUT2D eigenvalue weighted by molar-refractivity contribution is 9.10. The minimum absolute atomic E-state index is 0.0487. The van der Waals surface area contributed by atoms with Gasteiger partial charge in [-0.2, -0.15) is 0 Å². The zero-order valence-corrected chi connectivity index (χ0v) is 12.4. The largest absolute Gasteiger partial charge is 0.484 e. The van der Waals surface area contributed by atoms with E-state index in [0.717, 1.165) is 22.2 Å². The molecule has 1 aliphatic heterocycles. The predicted molar refractivity (Wildman–Crippen MR) is 78.1 cm³/mol. The van der Waals surface area contributed by atoms with E-state index in [1.54, 1.807) is 11.3 Å². The Morgan fingerprint density at radius 1 is 1.39 bits per heavy atom. The highest BCUT2D eigenvalue weighted by Gasteiger charge is 2.28. The molecule has 2 heterocycles. The second-order valence-corrected chi connectivity index (χ2v) is 6.42. The molecule has 2 N–H and O–H groups in total. The van der Waals surface area contributed by atoms with Crippen LogP contribution in [0.2, 0.25) is 0 Å². The fourth-order valence-electron chi connectivity index (χ4n) is 2.32. The molecule has 2 nitrogen and oxygen atoms in total. The highest BCUT2D eigenvalue weighted by atomic mass is 79.9. The molecule has 1 unspecified atom stereocenters. The Hall–Kier alpha value is -0.840. The highest BCUT2D eigenvalue weighted by Crippen LogP contribution is 2.43. The fraction of sp³-hybridized carbons (Fsp3) is 0.286. The molecule has 0 amide bonds. The van der Waals surface area contributed by atoms with Gasteiger partial charge in [0.15, 0.2) is 0 Å². The minimum Gasteiger partial charge on any atom is -0.484 e. The first-order chi connectivity index (χ1) is 8.65. The molecule has 0 aliphatic carbocycles. The maximum Gasteiger partial charge on any atom is 0.136 e. The quantitative estimate of drug-likeness (QED) is 0.847. The summed E-state index contributed by atoms with van der Waals surface area (Å²) in [5.41, 5.74) is 8.62. The van der Waals surface area contributed by atoms with E-state index in [9.17, 15) is 0 Å². The summed E-state index contributed by atoms with van der Waals surface area (Å²) in [5.74, 6) is 0.921. The number of nitrogens with two attached hydrogens (primary N) is 1. The van der Waals surface area contributed by atoms with Gasteiger partial charge in [0.25, 0.3) is 0 Å². The van der Waals surface area contributed by atoms with Crippen molar-refractivity contribution in [2.45, 2.75) is 25.5 Å². The minimum atomic E-state index is 0.0487. The van der Waals surface area contributed by atoms with Crippen LogP contribution in [0.1, 0.15) is 34.6 Å². The van der Waals surface area contributed by atoms with Crippen molar-refractivity contribution in [3.05, 3.63) is 50.1 Å². The van der Waals surface area contributed by atoms with E-state index in [1.165, 1.54) is 10.4 Å². The smallest absolute Gasteiger partial charge is 0.136 e. The van der Waals surface area contributed by atoms with Gasteiger partial charge in [0.1, 0.15) is 11.9 Å². The summed E-state index contributed by atoms with van der Waals surface area (Å²) in [4.78, 5) is 1.22. The maximum atomic E-state index is 6.27. The number of halogens is 1. The number of rotatable bonds is 1. The van der Waals surface area contributed by atoms with E-state index in [-0.39, 0.29) is 12.1 Å². The van der Waals surface area contributed by atoms with Gasteiger partial charge in [0.2, 0.25) is 0 Å². The Bertz CT molecular complexity index is 581. The Labute approximate surface area is 119 Å². The Balaban J connectivity index is 1.97. The van der Waals surface area contributed by atoms with E-state index in [4.69, 9.17) is 10.5 Å². The molecule has 4 heteroatoms. The number of hydrogen-bond acceptors (Lipinski definition) is 3. The van der Waals surface area contributed by atoms with Gasteiger partial charge in [-0.3, -0.25) is 0 Å². The second-order valence-electron chi connectivity index (χ2n) is 4.62. The van der Waals surface area contributed by atoms with Crippen molar-refractivity contribution in [1.29, 1.82) is 0 Å². The lowest BCUT2D eigenvalue weighted by atomic mass is 9.95. The first-order valence-electron chi connectivity index (χ1n) is 5.91. The molecule has 3 rings (SSSR count). The fourth-order valence-corrected chi connectivity index (χ4v) is 3.99. The van der Waals surface area contributed by atoms with Crippen LogP contribution in [0.15, 0.2) is 34.1 Å². The number of aryl methyl sites for hydroxylation is 1. The molecule has 1 aliphatic rings. The first kappa shape index (κ1) is 12.2. The van der Waals surface area contributed by atoms with Crippen molar-refractivity contribution in [2.24, 2.45) is 5.73 Å². The molecule has 1 aromatic carbocycles. The van der Waals surface area contributed by atoms with Crippen molar-refractivity contribution in [3.63, 3.8) is 0 Å². The van der Waals surface area contributed by atoms with Gasteiger partial charge in [0.05, 0.1) is 4.88 Å². The summed E-state index contributed by atoms with van der Waals surface area (Å²) < 4.78 is 7.19. The maximum absolute atomic E-state index is 6.27. The molecule has 0 saturated carbocycles. The van der Waals surface area contributed by atoms with Gasteiger partial charge in [0, 0.05) is 22.5 Å². The van der Waals surface area contributed by atoms with Crippen molar-refractivity contribution >= 4 is 27.3 Å². The molecular formula is C14H14BrNOS. The van der Waals surface area contributed by atoms with Gasteiger partial charge < -0.3 is 10.5 Å². The molecule has 0 saturated heterocycles. The monoisotopic (exact) mass is 323 g/mol. The van der Waals surface area contributed by atoms with Crippen LogP contribution in [0.4, 0.5) is 0 Å². The molecule has 18 heavy (non-hydrogen) atoms. The van der Waals surface area contributed by atoms with Crippen molar-refractivity contribution in [3.8, 4) is 5.75 Å². The van der Waals surface area contributed by atoms with Gasteiger partial charge >= 0.3 is 0 Å². The van der Waals surface area contributed by atoms with E-state index >= 15 is 0 Å². The van der Waals surface area contributed by atoms with Crippen molar-refractivity contribution in [1.82, 2.24) is 0 Å². The zero-order chi connectivity index (χ0) is 12.7. The van der Waals surface area contributed by atoms with Crippen LogP contribution in [0.5, 0.6) is 5.75 Å². The van der Waals surface area contributed by atoms with Crippen molar-refractivity contribution in [2.75, 3.05) is 0 Å². The Morgan fingerprint density at radius 2 is 2.22 bits per heavy atom. The standard InChI is InChI=1S/C14H14BrNOS/c1-8-2-3-12-9(6-8)11(16)7-13(17-12)14-10(15)4-5-18-14/h2-6,11,13H,7,16H2,1H3/t11-,13?/m0/s1. The molecular weight excluding hydrogens is 310 g/mol. The second kappa shape index (κ2) is 4.68. The molecule has 94 valence electrons. The van der Waals surface area contributed by atoms with Gasteiger partial charge in [-0.15, -0.1) is 11.3 Å². The van der Waals surface area contributed by atoms with Crippen LogP contribution < -0.4 is 10.5 Å². The number of fused-ring (bicyclic) bond motifs is 1. The van der Waals surface area contributed by atoms with Crippen LogP contribution in [-0.2, 0) is 0 Å². The van der Waals surface area contributed by atoms with E-state index in [0.29, 0.717) is 0 Å². The van der Waals surface area contributed by atoms with E-state index in [2.05, 4.69) is 46.4 Å². The summed E-state index contributed by atoms with van der Waals surface area (Å²) in [7, 11) is 0. The summed E-state index contributed by atoms with van der Waals surface area (Å²) in [6.45, 7) is 2.08. The summed E-state index contributed by atoms with van der Waals surface area (Å²) >= 11 is 5.27. The average Bonchev–Trinajstić information content (AvgIpc) is 2.76. The van der Waals surface area contributed by atoms with Crippen LogP contribution in [0.3, 0.4) is 0 Å². The summed E-state index contributed by atoms with van der Waals surface area (Å²) in [6.07, 6.45) is 0.889. The number of ether oxygens (including phenoxy) is 1. The Kier molecular flexibility index (Phi) is 3.18. The molecule has 0 fully saturated rings.